The Kier molecular flexibility index (Phi) is 4.63. The van der Waals surface area contributed by atoms with Crippen molar-refractivity contribution in [2.45, 2.75) is 6.61 Å². The van der Waals surface area contributed by atoms with E-state index in [1.165, 1.54) is 13.2 Å². The molecule has 5 heteroatoms. The molecular weight excluding hydrogens is 324 g/mol. The van der Waals surface area contributed by atoms with E-state index in [-0.39, 0.29) is 5.56 Å². The van der Waals surface area contributed by atoms with E-state index in [0.29, 0.717) is 18.1 Å². The topological polar surface area (TPSA) is 55.8 Å². The zero-order valence-electron chi connectivity index (χ0n) is 10.8. The molecular formula is C15H13BrO4. The molecule has 2 aromatic rings. The number of halogens is 1. The van der Waals surface area contributed by atoms with Crippen LogP contribution in [0.5, 0.6) is 11.5 Å². The number of benzene rings is 2. The van der Waals surface area contributed by atoms with Crippen LogP contribution in [0.4, 0.5) is 0 Å². The predicted molar refractivity (Wildman–Crippen MR) is 78.4 cm³/mol. The molecule has 0 fully saturated rings. The van der Waals surface area contributed by atoms with Crippen LogP contribution >= 0.6 is 15.9 Å². The minimum atomic E-state index is -1.05. The average Bonchev–Trinajstić information content (AvgIpc) is 2.46. The van der Waals surface area contributed by atoms with E-state index in [9.17, 15) is 9.90 Å². The number of rotatable bonds is 5. The Morgan fingerprint density at radius 2 is 1.90 bits per heavy atom. The molecule has 104 valence electrons. The Morgan fingerprint density at radius 1 is 1.20 bits per heavy atom. The van der Waals surface area contributed by atoms with Crippen LogP contribution < -0.4 is 9.47 Å². The second-order valence-electron chi connectivity index (χ2n) is 4.08. The number of carboxylic acid groups (broad SMARTS) is 1. The molecule has 0 spiro atoms. The molecule has 20 heavy (non-hydrogen) atoms. The lowest BCUT2D eigenvalue weighted by atomic mass is 10.2. The van der Waals surface area contributed by atoms with E-state index < -0.39 is 5.97 Å². The smallest absolute Gasteiger partial charge is 0.339 e. The largest absolute Gasteiger partial charge is 0.497 e. The molecule has 0 aliphatic rings. The molecule has 0 aromatic heterocycles. The van der Waals surface area contributed by atoms with Gasteiger partial charge in [0.05, 0.1) is 7.11 Å². The molecule has 2 rings (SSSR count). The van der Waals surface area contributed by atoms with E-state index in [0.717, 1.165) is 10.0 Å². The van der Waals surface area contributed by atoms with Gasteiger partial charge < -0.3 is 14.6 Å². The third-order valence-electron chi connectivity index (χ3n) is 2.72. The summed E-state index contributed by atoms with van der Waals surface area (Å²) in [6.45, 7) is 0.305. The highest BCUT2D eigenvalue weighted by molar-refractivity contribution is 9.10. The number of hydrogen-bond donors (Lipinski definition) is 1. The minimum Gasteiger partial charge on any atom is -0.497 e. The first-order valence-electron chi connectivity index (χ1n) is 5.88. The van der Waals surface area contributed by atoms with Crippen molar-refractivity contribution in [1.29, 1.82) is 0 Å². The van der Waals surface area contributed by atoms with Crippen LogP contribution in [-0.2, 0) is 6.61 Å². The van der Waals surface area contributed by atoms with Crippen LogP contribution in [0.25, 0.3) is 0 Å². The summed E-state index contributed by atoms with van der Waals surface area (Å²) in [7, 11) is 1.49. The molecule has 0 atom stereocenters. The van der Waals surface area contributed by atoms with Gasteiger partial charge in [-0.2, -0.15) is 0 Å². The number of carboxylic acids is 1. The molecule has 2 aromatic carbocycles. The summed E-state index contributed by atoms with van der Waals surface area (Å²) < 4.78 is 11.6. The second kappa shape index (κ2) is 6.43. The second-order valence-corrected chi connectivity index (χ2v) is 5.00. The van der Waals surface area contributed by atoms with E-state index in [1.807, 2.05) is 24.3 Å². The molecule has 0 unspecified atom stereocenters. The van der Waals surface area contributed by atoms with E-state index in [2.05, 4.69) is 15.9 Å². The van der Waals surface area contributed by atoms with Gasteiger partial charge >= 0.3 is 5.97 Å². The lowest BCUT2D eigenvalue weighted by Gasteiger charge is -2.10. The van der Waals surface area contributed by atoms with E-state index in [4.69, 9.17) is 9.47 Å². The summed E-state index contributed by atoms with van der Waals surface area (Å²) in [5.74, 6) is -0.241. The van der Waals surface area contributed by atoms with Crippen molar-refractivity contribution >= 4 is 21.9 Å². The normalized spacial score (nSPS) is 10.1. The van der Waals surface area contributed by atoms with Gasteiger partial charge in [0.2, 0.25) is 0 Å². The van der Waals surface area contributed by atoms with Crippen molar-refractivity contribution in [3.05, 3.63) is 58.1 Å². The highest BCUT2D eigenvalue weighted by Crippen LogP contribution is 2.25. The van der Waals surface area contributed by atoms with Gasteiger partial charge in [0.25, 0.3) is 0 Å². The van der Waals surface area contributed by atoms with Gasteiger partial charge in [-0.15, -0.1) is 0 Å². The minimum absolute atomic E-state index is 0.0847. The quantitative estimate of drug-likeness (QED) is 0.903. The Hall–Kier alpha value is -2.01. The molecule has 0 amide bonds. The molecule has 0 saturated carbocycles. The highest BCUT2D eigenvalue weighted by Gasteiger charge is 2.12. The van der Waals surface area contributed by atoms with Crippen molar-refractivity contribution in [3.63, 3.8) is 0 Å². The van der Waals surface area contributed by atoms with Crippen LogP contribution in [0.15, 0.2) is 46.9 Å². The average molecular weight is 337 g/mol. The summed E-state index contributed by atoms with van der Waals surface area (Å²) in [6, 6.07) is 12.3. The van der Waals surface area contributed by atoms with Crippen LogP contribution in [0.2, 0.25) is 0 Å². The Labute approximate surface area is 125 Å². The SMILES string of the molecule is COc1ccc(OCc2ccc(Br)cc2)c(C(=O)O)c1. The number of aromatic carboxylic acids is 1. The van der Waals surface area contributed by atoms with Crippen LogP contribution in [-0.4, -0.2) is 18.2 Å². The molecule has 0 bridgehead atoms. The number of methoxy groups -OCH3 is 1. The van der Waals surface area contributed by atoms with Crippen molar-refractivity contribution in [1.82, 2.24) is 0 Å². The molecule has 4 nitrogen and oxygen atoms in total. The van der Waals surface area contributed by atoms with Gasteiger partial charge in [0.15, 0.2) is 0 Å². The fourth-order valence-electron chi connectivity index (χ4n) is 1.67. The fourth-order valence-corrected chi connectivity index (χ4v) is 1.94. The van der Waals surface area contributed by atoms with E-state index in [1.54, 1.807) is 12.1 Å². The van der Waals surface area contributed by atoms with Gasteiger partial charge in [-0.3, -0.25) is 0 Å². The maximum atomic E-state index is 11.2. The molecule has 0 aliphatic heterocycles. The molecule has 0 heterocycles. The van der Waals surface area contributed by atoms with Crippen molar-refractivity contribution in [2.75, 3.05) is 7.11 Å². The number of ether oxygens (including phenoxy) is 2. The fraction of sp³-hybridized carbons (Fsp3) is 0.133. The maximum absolute atomic E-state index is 11.2. The summed E-state index contributed by atoms with van der Waals surface area (Å²) in [4.78, 5) is 11.2. The summed E-state index contributed by atoms with van der Waals surface area (Å²) >= 11 is 3.36. The standard InChI is InChI=1S/C15H13BrO4/c1-19-12-6-7-14(13(8-12)15(17)18)20-9-10-2-4-11(16)5-3-10/h2-8H,9H2,1H3,(H,17,18). The summed E-state index contributed by atoms with van der Waals surface area (Å²) in [5.41, 5.74) is 1.04. The first-order valence-corrected chi connectivity index (χ1v) is 6.68. The van der Waals surface area contributed by atoms with Crippen LogP contribution in [0, 0.1) is 0 Å². The lowest BCUT2D eigenvalue weighted by Crippen LogP contribution is -2.04. The van der Waals surface area contributed by atoms with Gasteiger partial charge in [-0.25, -0.2) is 4.79 Å². The molecule has 0 radical (unpaired) electrons. The number of carbonyl (C=O) groups is 1. The molecule has 0 aliphatic carbocycles. The third kappa shape index (κ3) is 3.51. The lowest BCUT2D eigenvalue weighted by molar-refractivity contribution is 0.0691. The molecule has 0 saturated heterocycles. The Bertz CT molecular complexity index is 608. The van der Waals surface area contributed by atoms with Crippen LogP contribution in [0.3, 0.4) is 0 Å². The van der Waals surface area contributed by atoms with Gasteiger partial charge in [-0.05, 0) is 35.9 Å². The highest BCUT2D eigenvalue weighted by atomic mass is 79.9. The van der Waals surface area contributed by atoms with Crippen molar-refractivity contribution < 1.29 is 19.4 Å². The molecule has 1 N–H and O–H groups in total. The first-order chi connectivity index (χ1) is 9.60. The van der Waals surface area contributed by atoms with Crippen molar-refractivity contribution in [3.8, 4) is 11.5 Å². The monoisotopic (exact) mass is 336 g/mol. The zero-order valence-corrected chi connectivity index (χ0v) is 12.4. The predicted octanol–water partition coefficient (Wildman–Crippen LogP) is 3.73. The van der Waals surface area contributed by atoms with Gasteiger partial charge in [0, 0.05) is 4.47 Å². The third-order valence-corrected chi connectivity index (χ3v) is 3.25. The Balaban J connectivity index is 2.16. The summed E-state index contributed by atoms with van der Waals surface area (Å²) in [5, 5.41) is 9.18. The van der Waals surface area contributed by atoms with Crippen molar-refractivity contribution in [2.24, 2.45) is 0 Å². The number of hydrogen-bond acceptors (Lipinski definition) is 3. The van der Waals surface area contributed by atoms with Gasteiger partial charge in [-0.1, -0.05) is 28.1 Å². The van der Waals surface area contributed by atoms with E-state index >= 15 is 0 Å². The Morgan fingerprint density at radius 3 is 2.50 bits per heavy atom. The van der Waals surface area contributed by atoms with Gasteiger partial charge in [0.1, 0.15) is 23.7 Å². The zero-order chi connectivity index (χ0) is 14.5. The van der Waals surface area contributed by atoms with Crippen LogP contribution in [0.1, 0.15) is 15.9 Å². The summed E-state index contributed by atoms with van der Waals surface area (Å²) in [6.07, 6.45) is 0. The first kappa shape index (κ1) is 14.4. The maximum Gasteiger partial charge on any atom is 0.339 e.